The van der Waals surface area contributed by atoms with Gasteiger partial charge in [0.25, 0.3) is 5.56 Å². The Kier molecular flexibility index (Phi) is 5.21. The van der Waals surface area contributed by atoms with Crippen molar-refractivity contribution in [1.29, 1.82) is 5.26 Å². The Morgan fingerprint density at radius 3 is 2.74 bits per heavy atom. The molecule has 2 aromatic rings. The lowest BCUT2D eigenvalue weighted by atomic mass is 10.0. The van der Waals surface area contributed by atoms with Gasteiger partial charge in [-0.3, -0.25) is 4.79 Å². The number of rotatable bonds is 6. The molecule has 1 aromatic carbocycles. The zero-order valence-electron chi connectivity index (χ0n) is 13.2. The SMILES string of the molecule is C=CCOc1ccc(-c2cc(C)[nH]c(=O)c2C#N)cc1OCC. The number of aromatic amines is 1. The molecule has 0 aliphatic carbocycles. The Balaban J connectivity index is 2.57. The van der Waals surface area contributed by atoms with Gasteiger partial charge in [0.15, 0.2) is 11.5 Å². The molecule has 1 aromatic heterocycles. The summed E-state index contributed by atoms with van der Waals surface area (Å²) in [7, 11) is 0. The molecule has 0 saturated carbocycles. The van der Waals surface area contributed by atoms with E-state index in [2.05, 4.69) is 11.6 Å². The van der Waals surface area contributed by atoms with E-state index in [0.717, 1.165) is 5.56 Å². The fourth-order valence-electron chi connectivity index (χ4n) is 2.24. The second-order valence-electron chi connectivity index (χ2n) is 4.88. The zero-order chi connectivity index (χ0) is 16.8. The Morgan fingerprint density at radius 1 is 1.30 bits per heavy atom. The van der Waals surface area contributed by atoms with Gasteiger partial charge in [-0.25, -0.2) is 0 Å². The minimum absolute atomic E-state index is 0.0813. The molecule has 118 valence electrons. The maximum atomic E-state index is 11.9. The molecule has 5 nitrogen and oxygen atoms in total. The second-order valence-corrected chi connectivity index (χ2v) is 4.88. The third-order valence-electron chi connectivity index (χ3n) is 3.19. The summed E-state index contributed by atoms with van der Waals surface area (Å²) < 4.78 is 11.2. The molecule has 1 heterocycles. The largest absolute Gasteiger partial charge is 0.490 e. The molecule has 0 saturated heterocycles. The monoisotopic (exact) mass is 310 g/mol. The number of hydrogen-bond acceptors (Lipinski definition) is 4. The van der Waals surface area contributed by atoms with Gasteiger partial charge >= 0.3 is 0 Å². The van der Waals surface area contributed by atoms with Gasteiger partial charge in [0.05, 0.1) is 6.61 Å². The number of ether oxygens (including phenoxy) is 2. The van der Waals surface area contributed by atoms with Crippen LogP contribution in [0.2, 0.25) is 0 Å². The summed E-state index contributed by atoms with van der Waals surface area (Å²) in [4.78, 5) is 14.6. The zero-order valence-corrected chi connectivity index (χ0v) is 13.2. The highest BCUT2D eigenvalue weighted by molar-refractivity contribution is 5.72. The maximum Gasteiger partial charge on any atom is 0.266 e. The van der Waals surface area contributed by atoms with Crippen LogP contribution in [0.5, 0.6) is 11.5 Å². The van der Waals surface area contributed by atoms with Gasteiger partial charge in [-0.15, -0.1) is 0 Å². The van der Waals surface area contributed by atoms with Gasteiger partial charge in [-0.05, 0) is 37.6 Å². The molecule has 0 amide bonds. The lowest BCUT2D eigenvalue weighted by molar-refractivity contribution is 0.297. The molecule has 2 rings (SSSR count). The van der Waals surface area contributed by atoms with E-state index in [1.165, 1.54) is 0 Å². The van der Waals surface area contributed by atoms with Crippen LogP contribution in [-0.4, -0.2) is 18.2 Å². The van der Waals surface area contributed by atoms with Gasteiger partial charge in [0.1, 0.15) is 18.2 Å². The number of benzene rings is 1. The van der Waals surface area contributed by atoms with E-state index in [0.29, 0.717) is 36.0 Å². The highest BCUT2D eigenvalue weighted by atomic mass is 16.5. The lowest BCUT2D eigenvalue weighted by Crippen LogP contribution is -2.12. The van der Waals surface area contributed by atoms with Crippen molar-refractivity contribution in [3.8, 4) is 28.7 Å². The summed E-state index contributed by atoms with van der Waals surface area (Å²) in [5.74, 6) is 1.16. The number of H-pyrrole nitrogens is 1. The van der Waals surface area contributed by atoms with Crippen molar-refractivity contribution >= 4 is 0 Å². The first-order valence-corrected chi connectivity index (χ1v) is 7.25. The molecule has 5 heteroatoms. The molecule has 23 heavy (non-hydrogen) atoms. The number of nitrogens with one attached hydrogen (secondary N) is 1. The van der Waals surface area contributed by atoms with Crippen LogP contribution in [0.3, 0.4) is 0 Å². The number of pyridine rings is 1. The Bertz CT molecular complexity index is 816. The highest BCUT2D eigenvalue weighted by Gasteiger charge is 2.13. The van der Waals surface area contributed by atoms with E-state index < -0.39 is 5.56 Å². The van der Waals surface area contributed by atoms with Crippen molar-refractivity contribution in [2.45, 2.75) is 13.8 Å². The van der Waals surface area contributed by atoms with Crippen LogP contribution in [0, 0.1) is 18.3 Å². The number of aromatic nitrogens is 1. The van der Waals surface area contributed by atoms with Crippen molar-refractivity contribution in [3.63, 3.8) is 0 Å². The molecule has 0 unspecified atom stereocenters. The number of hydrogen-bond donors (Lipinski definition) is 1. The standard InChI is InChI=1S/C18H18N2O3/c1-4-8-23-16-7-6-13(10-17(16)22-5-2)14-9-12(3)20-18(21)15(14)11-19/h4,6-7,9-10H,1,5,8H2,2-3H3,(H,20,21). The maximum absolute atomic E-state index is 11.9. The molecule has 0 aliphatic rings. The van der Waals surface area contributed by atoms with Gasteiger partial charge in [-0.2, -0.15) is 5.26 Å². The third-order valence-corrected chi connectivity index (χ3v) is 3.19. The normalized spacial score (nSPS) is 9.96. The number of nitrogens with zero attached hydrogens (tertiary/aromatic N) is 1. The van der Waals surface area contributed by atoms with Gasteiger partial charge in [-0.1, -0.05) is 18.7 Å². The average Bonchev–Trinajstić information content (AvgIpc) is 2.53. The van der Waals surface area contributed by atoms with E-state index in [1.807, 2.05) is 13.0 Å². The summed E-state index contributed by atoms with van der Waals surface area (Å²) in [6.07, 6.45) is 1.65. The van der Waals surface area contributed by atoms with Crippen molar-refractivity contribution in [1.82, 2.24) is 4.98 Å². The summed E-state index contributed by atoms with van der Waals surface area (Å²) >= 11 is 0. The predicted octanol–water partition coefficient (Wildman–Crippen LogP) is 3.19. The van der Waals surface area contributed by atoms with Crippen LogP contribution >= 0.6 is 0 Å². The first-order chi connectivity index (χ1) is 11.1. The van der Waals surface area contributed by atoms with Gasteiger partial charge in [0, 0.05) is 11.3 Å². The molecule has 0 bridgehead atoms. The molecule has 0 spiro atoms. The van der Waals surface area contributed by atoms with E-state index in [-0.39, 0.29) is 5.56 Å². The number of aryl methyl sites for hydroxylation is 1. The summed E-state index contributed by atoms with van der Waals surface area (Å²) in [6, 6.07) is 9.08. The Hall–Kier alpha value is -3.00. The van der Waals surface area contributed by atoms with Crippen LogP contribution < -0.4 is 15.0 Å². The van der Waals surface area contributed by atoms with E-state index in [4.69, 9.17) is 9.47 Å². The van der Waals surface area contributed by atoms with E-state index in [9.17, 15) is 10.1 Å². The lowest BCUT2D eigenvalue weighted by Gasteiger charge is -2.13. The molecular weight excluding hydrogens is 292 g/mol. The van der Waals surface area contributed by atoms with E-state index in [1.54, 1.807) is 37.3 Å². The first kappa shape index (κ1) is 16.4. The minimum atomic E-state index is -0.396. The first-order valence-electron chi connectivity index (χ1n) is 7.25. The minimum Gasteiger partial charge on any atom is -0.490 e. The predicted molar refractivity (Wildman–Crippen MR) is 88.8 cm³/mol. The summed E-state index contributed by atoms with van der Waals surface area (Å²) in [6.45, 7) is 8.12. The summed E-state index contributed by atoms with van der Waals surface area (Å²) in [5, 5.41) is 9.26. The van der Waals surface area contributed by atoms with Crippen LogP contribution in [0.15, 0.2) is 41.7 Å². The van der Waals surface area contributed by atoms with Crippen LogP contribution in [-0.2, 0) is 0 Å². The van der Waals surface area contributed by atoms with E-state index >= 15 is 0 Å². The molecule has 1 N–H and O–H groups in total. The fraction of sp³-hybridized carbons (Fsp3) is 0.222. The van der Waals surface area contributed by atoms with Crippen molar-refractivity contribution in [2.75, 3.05) is 13.2 Å². The number of nitriles is 1. The average molecular weight is 310 g/mol. The Labute approximate surface area is 134 Å². The quantitative estimate of drug-likeness (QED) is 0.831. The van der Waals surface area contributed by atoms with Gasteiger partial charge < -0.3 is 14.5 Å². The highest BCUT2D eigenvalue weighted by Crippen LogP contribution is 2.33. The van der Waals surface area contributed by atoms with Crippen molar-refractivity contribution in [2.24, 2.45) is 0 Å². The van der Waals surface area contributed by atoms with Crippen LogP contribution in [0.4, 0.5) is 0 Å². The summed E-state index contributed by atoms with van der Waals surface area (Å²) in [5.41, 5.74) is 1.68. The van der Waals surface area contributed by atoms with Crippen LogP contribution in [0.1, 0.15) is 18.2 Å². The molecular formula is C18H18N2O3. The Morgan fingerprint density at radius 2 is 2.09 bits per heavy atom. The smallest absolute Gasteiger partial charge is 0.266 e. The molecule has 0 atom stereocenters. The van der Waals surface area contributed by atoms with Crippen molar-refractivity contribution < 1.29 is 9.47 Å². The topological polar surface area (TPSA) is 75.1 Å². The van der Waals surface area contributed by atoms with Gasteiger partial charge in [0.2, 0.25) is 0 Å². The fourth-order valence-corrected chi connectivity index (χ4v) is 2.24. The van der Waals surface area contributed by atoms with Crippen molar-refractivity contribution in [3.05, 3.63) is 58.5 Å². The van der Waals surface area contributed by atoms with Crippen LogP contribution in [0.25, 0.3) is 11.1 Å². The molecule has 0 radical (unpaired) electrons. The molecule has 0 aliphatic heterocycles. The molecule has 0 fully saturated rings. The third kappa shape index (κ3) is 3.61. The second kappa shape index (κ2) is 7.32.